The normalized spacial score (nSPS) is 14.2. The highest BCUT2D eigenvalue weighted by molar-refractivity contribution is 14.0. The minimum atomic E-state index is -0.0497. The van der Waals surface area contributed by atoms with E-state index in [1.807, 2.05) is 24.3 Å². The van der Waals surface area contributed by atoms with Gasteiger partial charge in [-0.3, -0.25) is 9.79 Å². The van der Waals surface area contributed by atoms with Gasteiger partial charge in [0.2, 0.25) is 0 Å². The van der Waals surface area contributed by atoms with Crippen molar-refractivity contribution in [2.45, 2.75) is 45.1 Å². The molecule has 1 amide bonds. The fraction of sp³-hybridized carbons (Fsp3) is 0.440. The van der Waals surface area contributed by atoms with Crippen molar-refractivity contribution < 1.29 is 9.53 Å². The number of hydrogen-bond donors (Lipinski definition) is 3. The molecule has 0 radical (unpaired) electrons. The van der Waals surface area contributed by atoms with Crippen LogP contribution in [0.4, 0.5) is 0 Å². The summed E-state index contributed by atoms with van der Waals surface area (Å²) in [5, 5.41) is 9.69. The Bertz CT molecular complexity index is 865. The maximum atomic E-state index is 11.7. The van der Waals surface area contributed by atoms with Gasteiger partial charge in [0.25, 0.3) is 5.91 Å². The van der Waals surface area contributed by atoms with Crippen molar-refractivity contribution in [1.29, 1.82) is 0 Å². The van der Waals surface area contributed by atoms with Crippen molar-refractivity contribution in [3.8, 4) is 5.75 Å². The summed E-state index contributed by atoms with van der Waals surface area (Å²) in [4.78, 5) is 16.0. The topological polar surface area (TPSA) is 74.8 Å². The molecule has 1 saturated carbocycles. The summed E-state index contributed by atoms with van der Waals surface area (Å²) < 4.78 is 5.55. The molecule has 3 N–H and O–H groups in total. The van der Waals surface area contributed by atoms with E-state index in [0.29, 0.717) is 17.7 Å². The number of halogens is 1. The van der Waals surface area contributed by atoms with Crippen LogP contribution in [0.1, 0.15) is 42.4 Å². The smallest absolute Gasteiger partial charge is 0.258 e. The first-order valence-electron chi connectivity index (χ1n) is 11.1. The second-order valence-electron chi connectivity index (χ2n) is 8.22. The molecule has 2 aromatic carbocycles. The molecular formula is C25H35IN4O2. The first-order valence-corrected chi connectivity index (χ1v) is 11.1. The van der Waals surface area contributed by atoms with Crippen LogP contribution in [0.25, 0.3) is 0 Å². The number of amides is 1. The highest BCUT2D eigenvalue weighted by Crippen LogP contribution is 2.18. The molecule has 1 atom stereocenters. The lowest BCUT2D eigenvalue weighted by molar-refractivity contribution is -0.123. The Morgan fingerprint density at radius 2 is 1.78 bits per heavy atom. The Morgan fingerprint density at radius 1 is 1.09 bits per heavy atom. The maximum Gasteiger partial charge on any atom is 0.258 e. The van der Waals surface area contributed by atoms with Crippen LogP contribution in [0, 0.1) is 6.92 Å². The lowest BCUT2D eigenvalue weighted by Crippen LogP contribution is -2.39. The van der Waals surface area contributed by atoms with E-state index in [9.17, 15) is 4.79 Å². The van der Waals surface area contributed by atoms with Crippen LogP contribution in [0.3, 0.4) is 0 Å². The predicted molar refractivity (Wildman–Crippen MR) is 141 cm³/mol. The van der Waals surface area contributed by atoms with Crippen molar-refractivity contribution in [1.82, 2.24) is 16.0 Å². The fourth-order valence-corrected chi connectivity index (χ4v) is 3.21. The number of carbonyl (C=O) groups excluding carboxylic acids is 1. The zero-order chi connectivity index (χ0) is 22.1. The van der Waals surface area contributed by atoms with Gasteiger partial charge in [-0.2, -0.15) is 0 Å². The van der Waals surface area contributed by atoms with Crippen LogP contribution >= 0.6 is 24.0 Å². The Kier molecular flexibility index (Phi) is 10.8. The van der Waals surface area contributed by atoms with Crippen LogP contribution in [0.2, 0.25) is 0 Å². The SMILES string of the molecule is CN=C(NCCc1ccc(OCC(=O)NC2CC2)cc1)NCC(C)c1ccc(C)cc1.I. The van der Waals surface area contributed by atoms with Crippen molar-refractivity contribution >= 4 is 35.8 Å². The molecule has 32 heavy (non-hydrogen) atoms. The van der Waals surface area contributed by atoms with Gasteiger partial charge in [0.1, 0.15) is 5.75 Å². The Hall–Kier alpha value is -2.29. The van der Waals surface area contributed by atoms with Crippen LogP contribution < -0.4 is 20.7 Å². The zero-order valence-corrected chi connectivity index (χ0v) is 21.5. The van der Waals surface area contributed by atoms with Crippen molar-refractivity contribution in [3.63, 3.8) is 0 Å². The molecule has 174 valence electrons. The van der Waals surface area contributed by atoms with Crippen LogP contribution in [0.5, 0.6) is 5.75 Å². The molecule has 3 rings (SSSR count). The average Bonchev–Trinajstić information content (AvgIpc) is 3.59. The second kappa shape index (κ2) is 13.3. The number of aryl methyl sites for hydroxylation is 1. The van der Waals surface area contributed by atoms with E-state index in [2.05, 4.69) is 59.1 Å². The fourth-order valence-electron chi connectivity index (χ4n) is 3.21. The number of aliphatic imine (C=N–C) groups is 1. The molecule has 0 aromatic heterocycles. The molecule has 7 heteroatoms. The molecule has 6 nitrogen and oxygen atoms in total. The van der Waals surface area contributed by atoms with E-state index in [1.54, 1.807) is 7.05 Å². The lowest BCUT2D eigenvalue weighted by Gasteiger charge is -2.16. The van der Waals surface area contributed by atoms with Crippen LogP contribution in [-0.2, 0) is 11.2 Å². The maximum absolute atomic E-state index is 11.7. The largest absolute Gasteiger partial charge is 0.484 e. The van der Waals surface area contributed by atoms with Gasteiger partial charge in [0.15, 0.2) is 12.6 Å². The third-order valence-electron chi connectivity index (χ3n) is 5.39. The summed E-state index contributed by atoms with van der Waals surface area (Å²) in [7, 11) is 1.79. The molecule has 1 fully saturated rings. The minimum absolute atomic E-state index is 0. The summed E-state index contributed by atoms with van der Waals surface area (Å²) in [5.74, 6) is 1.87. The molecule has 0 aliphatic heterocycles. The van der Waals surface area contributed by atoms with Gasteiger partial charge in [0.05, 0.1) is 0 Å². The molecule has 2 aromatic rings. The summed E-state index contributed by atoms with van der Waals surface area (Å²) in [6, 6.07) is 16.9. The Morgan fingerprint density at radius 3 is 2.41 bits per heavy atom. The standard InChI is InChI=1S/C25H34N4O2.HI/c1-18-4-8-21(9-5-18)19(2)16-28-25(26-3)27-15-14-20-6-12-23(13-7-20)31-17-24(30)29-22-10-11-22;/h4-9,12-13,19,22H,10-11,14-17H2,1-3H3,(H,29,30)(H2,26,27,28);1H. The third kappa shape index (κ3) is 9.06. The van der Waals surface area contributed by atoms with E-state index < -0.39 is 0 Å². The van der Waals surface area contributed by atoms with Gasteiger partial charge < -0.3 is 20.7 Å². The van der Waals surface area contributed by atoms with E-state index >= 15 is 0 Å². The highest BCUT2D eigenvalue weighted by atomic mass is 127. The first kappa shape index (κ1) is 26.0. The van der Waals surface area contributed by atoms with Gasteiger partial charge in [0, 0.05) is 26.2 Å². The number of guanidine groups is 1. The average molecular weight is 550 g/mol. The summed E-state index contributed by atoms with van der Waals surface area (Å²) in [6.45, 7) is 5.99. The summed E-state index contributed by atoms with van der Waals surface area (Å²) in [6.07, 6.45) is 3.04. The summed E-state index contributed by atoms with van der Waals surface area (Å²) in [5.41, 5.74) is 3.80. The molecule has 0 saturated heterocycles. The van der Waals surface area contributed by atoms with Crippen molar-refractivity contribution in [2.24, 2.45) is 4.99 Å². The molecule has 0 heterocycles. The van der Waals surface area contributed by atoms with E-state index in [-0.39, 0.29) is 36.5 Å². The molecule has 1 aliphatic carbocycles. The van der Waals surface area contributed by atoms with Crippen molar-refractivity contribution in [2.75, 3.05) is 26.7 Å². The molecule has 1 unspecified atom stereocenters. The van der Waals surface area contributed by atoms with Crippen LogP contribution in [-0.4, -0.2) is 44.7 Å². The first-order chi connectivity index (χ1) is 15.0. The van der Waals surface area contributed by atoms with Gasteiger partial charge >= 0.3 is 0 Å². The molecule has 1 aliphatic rings. The number of nitrogens with zero attached hydrogens (tertiary/aromatic N) is 1. The predicted octanol–water partition coefficient (Wildman–Crippen LogP) is 3.78. The molecule has 0 bridgehead atoms. The van der Waals surface area contributed by atoms with Gasteiger partial charge in [-0.05, 0) is 55.4 Å². The quantitative estimate of drug-likeness (QED) is 0.239. The second-order valence-corrected chi connectivity index (χ2v) is 8.22. The van der Waals surface area contributed by atoms with E-state index in [0.717, 1.165) is 38.3 Å². The minimum Gasteiger partial charge on any atom is -0.484 e. The molecular weight excluding hydrogens is 515 g/mol. The monoisotopic (exact) mass is 550 g/mol. The number of benzene rings is 2. The van der Waals surface area contributed by atoms with E-state index in [1.165, 1.54) is 16.7 Å². The Labute approximate surface area is 208 Å². The lowest BCUT2D eigenvalue weighted by atomic mass is 10.0. The zero-order valence-electron chi connectivity index (χ0n) is 19.2. The number of hydrogen-bond acceptors (Lipinski definition) is 3. The van der Waals surface area contributed by atoms with E-state index in [4.69, 9.17) is 4.74 Å². The van der Waals surface area contributed by atoms with Gasteiger partial charge in [-0.15, -0.1) is 24.0 Å². The van der Waals surface area contributed by atoms with Crippen molar-refractivity contribution in [3.05, 3.63) is 65.2 Å². The van der Waals surface area contributed by atoms with Gasteiger partial charge in [-0.25, -0.2) is 0 Å². The van der Waals surface area contributed by atoms with Gasteiger partial charge in [-0.1, -0.05) is 48.9 Å². The summed E-state index contributed by atoms with van der Waals surface area (Å²) >= 11 is 0. The number of ether oxygens (including phenoxy) is 1. The highest BCUT2D eigenvalue weighted by Gasteiger charge is 2.23. The number of carbonyl (C=O) groups is 1. The molecule has 0 spiro atoms. The Balaban J connectivity index is 0.00000363. The number of rotatable bonds is 10. The van der Waals surface area contributed by atoms with Crippen LogP contribution in [0.15, 0.2) is 53.5 Å². The third-order valence-corrected chi connectivity index (χ3v) is 5.39. The number of nitrogens with one attached hydrogen (secondary N) is 3.